The van der Waals surface area contributed by atoms with Crippen molar-refractivity contribution < 1.29 is 9.31 Å². The summed E-state index contributed by atoms with van der Waals surface area (Å²) in [7, 11) is 0. The van der Waals surface area contributed by atoms with E-state index in [1.165, 1.54) is 6.07 Å². The van der Waals surface area contributed by atoms with E-state index in [-0.39, 0.29) is 16.3 Å². The van der Waals surface area contributed by atoms with Crippen molar-refractivity contribution in [2.45, 2.75) is 11.2 Å². The van der Waals surface area contributed by atoms with Crippen molar-refractivity contribution in [2.75, 3.05) is 0 Å². The predicted molar refractivity (Wildman–Crippen MR) is 82.6 cm³/mol. The van der Waals surface area contributed by atoms with Crippen molar-refractivity contribution in [3.05, 3.63) is 74.0 Å². The van der Waals surface area contributed by atoms with Crippen LogP contribution < -0.4 is 0 Å². The molecule has 0 saturated carbocycles. The maximum absolute atomic E-state index is 14.0. The highest BCUT2D eigenvalue weighted by Gasteiger charge is 2.19. The molecule has 3 nitrogen and oxygen atoms in total. The van der Waals surface area contributed by atoms with E-state index < -0.39 is 4.92 Å². The lowest BCUT2D eigenvalue weighted by atomic mass is 10.0. The van der Waals surface area contributed by atoms with Gasteiger partial charge in [0.25, 0.3) is 5.69 Å². The first-order valence-corrected chi connectivity index (χ1v) is 7.52. The number of halogens is 3. The molecule has 1 unspecified atom stereocenters. The lowest BCUT2D eigenvalue weighted by Crippen LogP contribution is -2.02. The minimum Gasteiger partial charge on any atom is -0.258 e. The van der Waals surface area contributed by atoms with Gasteiger partial charge in [-0.3, -0.25) is 10.1 Å². The van der Waals surface area contributed by atoms with E-state index in [0.717, 1.165) is 0 Å². The molecule has 0 bridgehead atoms. The largest absolute Gasteiger partial charge is 0.272 e. The summed E-state index contributed by atoms with van der Waals surface area (Å²) in [6.07, 6.45) is 0.338. The molecule has 0 fully saturated rings. The zero-order valence-electron chi connectivity index (χ0n) is 10.2. The van der Waals surface area contributed by atoms with Gasteiger partial charge in [-0.2, -0.15) is 0 Å². The summed E-state index contributed by atoms with van der Waals surface area (Å²) in [6.45, 7) is 0. The van der Waals surface area contributed by atoms with Crippen molar-refractivity contribution >= 4 is 37.5 Å². The van der Waals surface area contributed by atoms with Crippen molar-refractivity contribution in [3.8, 4) is 0 Å². The number of para-hydroxylation sites is 1. The number of nitro benzene ring substituents is 1. The first-order valence-electron chi connectivity index (χ1n) is 5.81. The Labute approximate surface area is 132 Å². The highest BCUT2D eigenvalue weighted by atomic mass is 79.9. The van der Waals surface area contributed by atoms with Gasteiger partial charge in [0, 0.05) is 22.0 Å². The number of benzene rings is 2. The van der Waals surface area contributed by atoms with Gasteiger partial charge in [0.05, 0.1) is 9.40 Å². The van der Waals surface area contributed by atoms with Gasteiger partial charge in [-0.25, -0.2) is 4.39 Å². The van der Waals surface area contributed by atoms with E-state index in [0.29, 0.717) is 22.0 Å². The van der Waals surface area contributed by atoms with E-state index in [1.807, 2.05) is 0 Å². The Balaban J connectivity index is 2.30. The second-order valence-electron chi connectivity index (χ2n) is 4.20. The fourth-order valence-electron chi connectivity index (χ4n) is 1.93. The Morgan fingerprint density at radius 1 is 1.20 bits per heavy atom. The molecule has 0 spiro atoms. The minimum atomic E-state index is -0.424. The molecule has 2 rings (SSSR count). The maximum Gasteiger partial charge on any atom is 0.272 e. The van der Waals surface area contributed by atoms with Crippen LogP contribution in [0.1, 0.15) is 16.0 Å². The van der Waals surface area contributed by atoms with Gasteiger partial charge in [0.1, 0.15) is 5.82 Å². The third kappa shape index (κ3) is 3.24. The number of hydrogen-bond donors (Lipinski definition) is 0. The quantitative estimate of drug-likeness (QED) is 0.402. The normalized spacial score (nSPS) is 12.2. The number of nitrogens with zero attached hydrogens (tertiary/aromatic N) is 1. The second-order valence-corrected chi connectivity index (χ2v) is 6.16. The average Bonchev–Trinajstić information content (AvgIpc) is 2.42. The molecule has 0 aliphatic heterocycles. The van der Waals surface area contributed by atoms with E-state index in [4.69, 9.17) is 0 Å². The lowest BCUT2D eigenvalue weighted by Gasteiger charge is -2.12. The zero-order valence-corrected chi connectivity index (χ0v) is 13.4. The summed E-state index contributed by atoms with van der Waals surface area (Å²) >= 11 is 6.54. The fourth-order valence-corrected chi connectivity index (χ4v) is 3.01. The first-order chi connectivity index (χ1) is 9.50. The minimum absolute atomic E-state index is 0.0485. The molecule has 0 heterocycles. The third-order valence-corrected chi connectivity index (χ3v) is 4.34. The molecule has 0 amide bonds. The molecule has 0 N–H and O–H groups in total. The van der Waals surface area contributed by atoms with Gasteiger partial charge in [-0.15, -0.1) is 0 Å². The molecule has 0 saturated heterocycles. The van der Waals surface area contributed by atoms with E-state index in [9.17, 15) is 14.5 Å². The SMILES string of the molecule is O=[N+]([O-])c1ccccc1CC(Br)c1cccc(Br)c1F. The molecule has 2 aromatic carbocycles. The number of hydrogen-bond acceptors (Lipinski definition) is 2. The van der Waals surface area contributed by atoms with Gasteiger partial charge in [-0.1, -0.05) is 46.3 Å². The molecular formula is C14H10Br2FNO2. The summed E-state index contributed by atoms with van der Waals surface area (Å²) in [5, 5.41) is 11.0. The Kier molecular flexibility index (Phi) is 4.88. The molecule has 0 aliphatic carbocycles. The molecule has 1 atom stereocenters. The fraction of sp³-hybridized carbons (Fsp3) is 0.143. The monoisotopic (exact) mass is 401 g/mol. The standard InChI is InChI=1S/C14H10Br2FNO2/c15-11-6-3-5-10(14(11)17)12(16)8-9-4-1-2-7-13(9)18(19)20/h1-7,12H,8H2. The summed E-state index contributed by atoms with van der Waals surface area (Å²) in [5.74, 6) is -0.354. The van der Waals surface area contributed by atoms with Crippen LogP contribution in [0.2, 0.25) is 0 Å². The molecule has 0 aliphatic rings. The number of alkyl halides is 1. The molecule has 20 heavy (non-hydrogen) atoms. The second kappa shape index (κ2) is 6.45. The van der Waals surface area contributed by atoms with Crippen LogP contribution in [0.25, 0.3) is 0 Å². The van der Waals surface area contributed by atoms with Gasteiger partial charge >= 0.3 is 0 Å². The van der Waals surface area contributed by atoms with Crippen LogP contribution in [0.4, 0.5) is 10.1 Å². The maximum atomic E-state index is 14.0. The number of nitro groups is 1. The number of rotatable bonds is 4. The summed E-state index contributed by atoms with van der Waals surface area (Å²) in [6, 6.07) is 11.5. The Morgan fingerprint density at radius 3 is 2.60 bits per heavy atom. The third-order valence-electron chi connectivity index (χ3n) is 2.91. The van der Waals surface area contributed by atoms with Crippen molar-refractivity contribution in [1.82, 2.24) is 0 Å². The van der Waals surface area contributed by atoms with Crippen LogP contribution in [-0.4, -0.2) is 4.92 Å². The van der Waals surface area contributed by atoms with Crippen molar-refractivity contribution in [2.24, 2.45) is 0 Å². The summed E-state index contributed by atoms with van der Waals surface area (Å²) in [5.41, 5.74) is 1.09. The Morgan fingerprint density at radius 2 is 1.90 bits per heavy atom. The van der Waals surface area contributed by atoms with E-state index in [2.05, 4.69) is 31.9 Å². The van der Waals surface area contributed by atoms with Gasteiger partial charge in [0.2, 0.25) is 0 Å². The smallest absolute Gasteiger partial charge is 0.258 e. The van der Waals surface area contributed by atoms with Crippen molar-refractivity contribution in [3.63, 3.8) is 0 Å². The van der Waals surface area contributed by atoms with E-state index in [1.54, 1.807) is 36.4 Å². The van der Waals surface area contributed by atoms with Crippen LogP contribution in [-0.2, 0) is 6.42 Å². The molecule has 104 valence electrons. The van der Waals surface area contributed by atoms with Gasteiger partial charge in [0.15, 0.2) is 0 Å². The van der Waals surface area contributed by atoms with Crippen LogP contribution in [0.3, 0.4) is 0 Å². The summed E-state index contributed by atoms with van der Waals surface area (Å²) < 4.78 is 14.4. The molecular weight excluding hydrogens is 393 g/mol. The highest BCUT2D eigenvalue weighted by Crippen LogP contribution is 2.34. The van der Waals surface area contributed by atoms with Gasteiger partial charge in [-0.05, 0) is 28.4 Å². The lowest BCUT2D eigenvalue weighted by molar-refractivity contribution is -0.385. The predicted octanol–water partition coefficient (Wildman–Crippen LogP) is 5.18. The molecule has 6 heteroatoms. The van der Waals surface area contributed by atoms with E-state index >= 15 is 0 Å². The molecule has 0 radical (unpaired) electrons. The topological polar surface area (TPSA) is 43.1 Å². The molecule has 2 aromatic rings. The highest BCUT2D eigenvalue weighted by molar-refractivity contribution is 9.10. The molecule has 0 aromatic heterocycles. The zero-order chi connectivity index (χ0) is 14.7. The average molecular weight is 403 g/mol. The van der Waals surface area contributed by atoms with Crippen LogP contribution in [0, 0.1) is 15.9 Å². The Hall–Kier alpha value is -1.27. The van der Waals surface area contributed by atoms with Crippen LogP contribution in [0.5, 0.6) is 0 Å². The Bertz CT molecular complexity index is 649. The van der Waals surface area contributed by atoms with Crippen molar-refractivity contribution in [1.29, 1.82) is 0 Å². The first kappa shape index (κ1) is 15.1. The summed E-state index contributed by atoms with van der Waals surface area (Å²) in [4.78, 5) is 10.2. The van der Waals surface area contributed by atoms with Crippen LogP contribution in [0.15, 0.2) is 46.9 Å². The van der Waals surface area contributed by atoms with Gasteiger partial charge < -0.3 is 0 Å². The van der Waals surface area contributed by atoms with Crippen LogP contribution >= 0.6 is 31.9 Å².